The Labute approximate surface area is 134 Å². The summed E-state index contributed by atoms with van der Waals surface area (Å²) >= 11 is 11.8. The van der Waals surface area contributed by atoms with Crippen LogP contribution >= 0.6 is 23.2 Å². The van der Waals surface area contributed by atoms with Crippen molar-refractivity contribution in [3.05, 3.63) is 63.1 Å². The summed E-state index contributed by atoms with van der Waals surface area (Å²) in [6.45, 7) is 2.54. The summed E-state index contributed by atoms with van der Waals surface area (Å²) in [6, 6.07) is 11.0. The van der Waals surface area contributed by atoms with Gasteiger partial charge in [0.15, 0.2) is 0 Å². The van der Waals surface area contributed by atoms with E-state index in [0.29, 0.717) is 17.8 Å². The van der Waals surface area contributed by atoms with E-state index in [-0.39, 0.29) is 16.0 Å². The number of carbonyl (C=O) groups excluding carboxylic acids is 1. The fourth-order valence-electron chi connectivity index (χ4n) is 2.09. The average molecular weight is 323 g/mol. The highest BCUT2D eigenvalue weighted by atomic mass is 35.5. The highest BCUT2D eigenvalue weighted by Crippen LogP contribution is 2.29. The van der Waals surface area contributed by atoms with Crippen molar-refractivity contribution in [3.63, 3.8) is 0 Å². The molecule has 110 valence electrons. The fraction of sp³-hybridized carbons (Fsp3) is 0.188. The monoisotopic (exact) mass is 322 g/mol. The molecule has 0 heterocycles. The first-order valence-corrected chi connectivity index (χ1v) is 7.38. The van der Waals surface area contributed by atoms with E-state index >= 15 is 0 Å². The van der Waals surface area contributed by atoms with Gasteiger partial charge >= 0.3 is 0 Å². The minimum atomic E-state index is -0.230. The van der Waals surface area contributed by atoms with Crippen LogP contribution in [0.15, 0.2) is 36.4 Å². The van der Waals surface area contributed by atoms with Crippen LogP contribution in [0, 0.1) is 0 Å². The second-order valence-corrected chi connectivity index (χ2v) is 5.45. The molecule has 2 rings (SSSR count). The summed E-state index contributed by atoms with van der Waals surface area (Å²) in [6.07, 6.45) is 0.922. The van der Waals surface area contributed by atoms with Gasteiger partial charge in [0.25, 0.3) is 5.91 Å². The van der Waals surface area contributed by atoms with Gasteiger partial charge in [-0.1, -0.05) is 54.4 Å². The number of anilines is 1. The first-order chi connectivity index (χ1) is 10.0. The van der Waals surface area contributed by atoms with E-state index in [1.54, 1.807) is 0 Å². The first-order valence-electron chi connectivity index (χ1n) is 6.62. The molecule has 0 aromatic heterocycles. The lowest BCUT2D eigenvalue weighted by molar-refractivity contribution is 0.0951. The van der Waals surface area contributed by atoms with Crippen molar-refractivity contribution in [1.82, 2.24) is 5.32 Å². The Morgan fingerprint density at radius 2 is 1.86 bits per heavy atom. The first kappa shape index (κ1) is 15.7. The van der Waals surface area contributed by atoms with Gasteiger partial charge in [0.05, 0.1) is 15.7 Å². The van der Waals surface area contributed by atoms with Crippen LogP contribution in [-0.2, 0) is 13.0 Å². The van der Waals surface area contributed by atoms with Gasteiger partial charge in [0.1, 0.15) is 0 Å². The zero-order chi connectivity index (χ0) is 15.4. The molecule has 0 unspecified atom stereocenters. The van der Waals surface area contributed by atoms with Crippen molar-refractivity contribution in [2.45, 2.75) is 19.9 Å². The molecule has 0 aliphatic carbocycles. The van der Waals surface area contributed by atoms with Crippen molar-refractivity contribution in [2.75, 3.05) is 5.73 Å². The third kappa shape index (κ3) is 3.69. The van der Waals surface area contributed by atoms with Crippen molar-refractivity contribution in [3.8, 4) is 0 Å². The minimum Gasteiger partial charge on any atom is -0.397 e. The number of benzene rings is 2. The summed E-state index contributed by atoms with van der Waals surface area (Å²) < 4.78 is 0. The maximum atomic E-state index is 12.2. The molecule has 2 aromatic rings. The molecular formula is C16H16Cl2N2O. The van der Waals surface area contributed by atoms with Crippen LogP contribution in [0.25, 0.3) is 0 Å². The molecule has 3 N–H and O–H groups in total. The predicted octanol–water partition coefficient (Wildman–Crippen LogP) is 4.07. The second kappa shape index (κ2) is 6.83. The second-order valence-electron chi connectivity index (χ2n) is 4.67. The van der Waals surface area contributed by atoms with Crippen molar-refractivity contribution >= 4 is 34.8 Å². The van der Waals surface area contributed by atoms with E-state index < -0.39 is 0 Å². The van der Waals surface area contributed by atoms with Crippen LogP contribution in [0.2, 0.25) is 10.0 Å². The number of hydrogen-bond acceptors (Lipinski definition) is 2. The number of nitrogen functional groups attached to an aromatic ring is 1. The van der Waals surface area contributed by atoms with E-state index in [1.165, 1.54) is 17.7 Å². The maximum absolute atomic E-state index is 12.2. The van der Waals surface area contributed by atoms with Crippen LogP contribution in [-0.4, -0.2) is 5.91 Å². The quantitative estimate of drug-likeness (QED) is 0.834. The number of nitrogens with two attached hydrogens (primary N) is 1. The number of halogens is 2. The molecule has 5 heteroatoms. The third-order valence-electron chi connectivity index (χ3n) is 3.26. The lowest BCUT2D eigenvalue weighted by Gasteiger charge is -2.10. The molecular weight excluding hydrogens is 307 g/mol. The summed E-state index contributed by atoms with van der Waals surface area (Å²) in [5.41, 5.74) is 8.72. The van der Waals surface area contributed by atoms with Crippen molar-refractivity contribution in [2.24, 2.45) is 0 Å². The van der Waals surface area contributed by atoms with E-state index in [0.717, 1.165) is 12.0 Å². The van der Waals surface area contributed by atoms with Gasteiger partial charge in [0, 0.05) is 12.1 Å². The minimum absolute atomic E-state index is 0.230. The molecule has 0 atom stereocenters. The van der Waals surface area contributed by atoms with Crippen LogP contribution in [0.1, 0.15) is 28.4 Å². The molecule has 0 bridgehead atoms. The topological polar surface area (TPSA) is 55.1 Å². The standard InChI is InChI=1S/C16H16Cl2N2O/c1-2-10-5-3-4-6-11(10)9-20-16(21)12-7-13(17)15(18)14(19)8-12/h3-8H,2,9,19H2,1H3,(H,20,21). The summed E-state index contributed by atoms with van der Waals surface area (Å²) in [5.74, 6) is -0.230. The Kier molecular flexibility index (Phi) is 5.10. The Hall–Kier alpha value is -1.71. The van der Waals surface area contributed by atoms with Crippen molar-refractivity contribution < 1.29 is 4.79 Å². The zero-order valence-electron chi connectivity index (χ0n) is 11.6. The van der Waals surface area contributed by atoms with E-state index in [4.69, 9.17) is 28.9 Å². The molecule has 3 nitrogen and oxygen atoms in total. The molecule has 2 aromatic carbocycles. The number of rotatable bonds is 4. The molecule has 0 spiro atoms. The van der Waals surface area contributed by atoms with E-state index in [9.17, 15) is 4.79 Å². The summed E-state index contributed by atoms with van der Waals surface area (Å²) in [5, 5.41) is 3.41. The fourth-order valence-corrected chi connectivity index (χ4v) is 2.43. The Morgan fingerprint density at radius 3 is 2.48 bits per heavy atom. The molecule has 0 saturated heterocycles. The van der Waals surface area contributed by atoms with E-state index in [2.05, 4.69) is 18.3 Å². The van der Waals surface area contributed by atoms with Crippen LogP contribution in [0.4, 0.5) is 5.69 Å². The molecule has 0 aliphatic rings. The lowest BCUT2D eigenvalue weighted by Crippen LogP contribution is -2.23. The summed E-state index contributed by atoms with van der Waals surface area (Å²) in [4.78, 5) is 12.2. The third-order valence-corrected chi connectivity index (χ3v) is 4.07. The van der Waals surface area contributed by atoms with Gasteiger partial charge < -0.3 is 11.1 Å². The van der Waals surface area contributed by atoms with Gasteiger partial charge in [-0.05, 0) is 29.7 Å². The number of carbonyl (C=O) groups is 1. The molecule has 1 amide bonds. The van der Waals surface area contributed by atoms with Crippen LogP contribution < -0.4 is 11.1 Å². The van der Waals surface area contributed by atoms with Crippen LogP contribution in [0.5, 0.6) is 0 Å². The smallest absolute Gasteiger partial charge is 0.251 e. The number of aryl methyl sites for hydroxylation is 1. The molecule has 0 radical (unpaired) electrons. The zero-order valence-corrected chi connectivity index (χ0v) is 13.1. The Morgan fingerprint density at radius 1 is 1.19 bits per heavy atom. The van der Waals surface area contributed by atoms with Crippen molar-refractivity contribution in [1.29, 1.82) is 0 Å². The highest BCUT2D eigenvalue weighted by molar-refractivity contribution is 6.43. The summed E-state index contributed by atoms with van der Waals surface area (Å²) in [7, 11) is 0. The van der Waals surface area contributed by atoms with Gasteiger partial charge in [-0.25, -0.2) is 0 Å². The molecule has 21 heavy (non-hydrogen) atoms. The predicted molar refractivity (Wildman–Crippen MR) is 87.9 cm³/mol. The van der Waals surface area contributed by atoms with Gasteiger partial charge in [-0.3, -0.25) is 4.79 Å². The van der Waals surface area contributed by atoms with Gasteiger partial charge in [-0.15, -0.1) is 0 Å². The SMILES string of the molecule is CCc1ccccc1CNC(=O)c1cc(N)c(Cl)c(Cl)c1. The van der Waals surface area contributed by atoms with Gasteiger partial charge in [-0.2, -0.15) is 0 Å². The molecule has 0 saturated carbocycles. The lowest BCUT2D eigenvalue weighted by atomic mass is 10.1. The van der Waals surface area contributed by atoms with Gasteiger partial charge in [0.2, 0.25) is 0 Å². The molecule has 0 aliphatic heterocycles. The Bertz CT molecular complexity index is 648. The average Bonchev–Trinajstić information content (AvgIpc) is 2.49. The number of nitrogens with one attached hydrogen (secondary N) is 1. The maximum Gasteiger partial charge on any atom is 0.251 e. The highest BCUT2D eigenvalue weighted by Gasteiger charge is 2.11. The molecule has 0 fully saturated rings. The number of amides is 1. The Balaban J connectivity index is 2.12. The van der Waals surface area contributed by atoms with Crippen LogP contribution in [0.3, 0.4) is 0 Å². The normalized spacial score (nSPS) is 10.4. The number of hydrogen-bond donors (Lipinski definition) is 2. The van der Waals surface area contributed by atoms with E-state index in [1.807, 2.05) is 18.2 Å². The largest absolute Gasteiger partial charge is 0.397 e.